The fraction of sp³-hybridized carbons (Fsp3) is 0.438. The number of hydrogen-bond acceptors (Lipinski definition) is 3. The van der Waals surface area contributed by atoms with E-state index in [0.717, 1.165) is 6.42 Å². The van der Waals surface area contributed by atoms with Gasteiger partial charge < -0.3 is 15.7 Å². The number of carboxylic acid groups (broad SMARTS) is 1. The van der Waals surface area contributed by atoms with Gasteiger partial charge in [-0.1, -0.05) is 31.4 Å². The summed E-state index contributed by atoms with van der Waals surface area (Å²) < 4.78 is 0. The Hall–Kier alpha value is -2.28. The van der Waals surface area contributed by atoms with Crippen LogP contribution in [0.15, 0.2) is 18.2 Å². The van der Waals surface area contributed by atoms with E-state index in [-0.39, 0.29) is 11.6 Å². The molecule has 1 heterocycles. The Morgan fingerprint density at radius 3 is 2.79 bits per heavy atom. The van der Waals surface area contributed by atoms with Crippen molar-refractivity contribution in [2.45, 2.75) is 32.2 Å². The summed E-state index contributed by atoms with van der Waals surface area (Å²) in [5.74, 6) is -1.57. The van der Waals surface area contributed by atoms with Crippen LogP contribution in [0, 0.1) is 0 Å². The fourth-order valence-corrected chi connectivity index (χ4v) is 2.69. The van der Waals surface area contributed by atoms with Crippen LogP contribution in [0.4, 0.5) is 10.5 Å². The minimum atomic E-state index is -1.06. The van der Waals surface area contributed by atoms with Gasteiger partial charge in [-0.3, -0.25) is 9.69 Å². The molecule has 1 aliphatic heterocycles. The molecule has 0 saturated carbocycles. The molecule has 8 heteroatoms. The topological polar surface area (TPSA) is 98.7 Å². The highest BCUT2D eigenvalue weighted by Crippen LogP contribution is 2.28. The van der Waals surface area contributed by atoms with Gasteiger partial charge in [0.1, 0.15) is 6.04 Å². The number of nitrogens with zero attached hydrogens (tertiary/aromatic N) is 1. The lowest BCUT2D eigenvalue weighted by Gasteiger charge is -2.18. The number of aliphatic carboxylic acids is 1. The maximum absolute atomic E-state index is 12.3. The van der Waals surface area contributed by atoms with E-state index in [2.05, 4.69) is 10.6 Å². The van der Waals surface area contributed by atoms with Crippen LogP contribution in [0.1, 0.15) is 36.5 Å². The van der Waals surface area contributed by atoms with Gasteiger partial charge in [-0.2, -0.15) is 0 Å². The second-order valence-corrected chi connectivity index (χ2v) is 5.96. The number of unbranched alkanes of at least 4 members (excludes halogenated alkanes) is 1. The smallest absolute Gasteiger partial charge is 0.326 e. The van der Waals surface area contributed by atoms with Gasteiger partial charge in [0.2, 0.25) is 0 Å². The molecular weight excluding hydrogens is 334 g/mol. The number of halogens is 1. The normalized spacial score (nSPS) is 15.1. The number of benzene rings is 1. The zero-order valence-electron chi connectivity index (χ0n) is 13.3. The van der Waals surface area contributed by atoms with Crippen LogP contribution in [-0.2, 0) is 4.79 Å². The molecule has 7 nitrogen and oxygen atoms in total. The van der Waals surface area contributed by atoms with E-state index >= 15 is 0 Å². The number of amides is 3. The molecule has 0 radical (unpaired) electrons. The minimum Gasteiger partial charge on any atom is -0.480 e. The maximum Gasteiger partial charge on any atom is 0.326 e. The second-order valence-electron chi connectivity index (χ2n) is 5.56. The van der Waals surface area contributed by atoms with E-state index in [1.807, 2.05) is 6.92 Å². The number of carbonyl (C=O) groups excluding carboxylic acids is 2. The van der Waals surface area contributed by atoms with Crippen molar-refractivity contribution in [3.8, 4) is 0 Å². The molecule has 1 atom stereocenters. The highest BCUT2D eigenvalue weighted by atomic mass is 35.5. The molecule has 1 saturated heterocycles. The SMILES string of the molecule is CCCC[C@H](NC(=O)c1ccc(Cl)c(N2CCNC2=O)c1)C(=O)O. The molecule has 1 aromatic carbocycles. The summed E-state index contributed by atoms with van der Waals surface area (Å²) in [4.78, 5) is 36.8. The molecule has 3 amide bonds. The maximum atomic E-state index is 12.3. The fourth-order valence-electron chi connectivity index (χ4n) is 2.47. The van der Waals surface area contributed by atoms with Gasteiger partial charge in [0.15, 0.2) is 0 Å². The molecule has 24 heavy (non-hydrogen) atoms. The van der Waals surface area contributed by atoms with Gasteiger partial charge in [0.05, 0.1) is 10.7 Å². The van der Waals surface area contributed by atoms with Crippen LogP contribution >= 0.6 is 11.6 Å². The van der Waals surface area contributed by atoms with Gasteiger partial charge in [0.25, 0.3) is 5.91 Å². The summed E-state index contributed by atoms with van der Waals surface area (Å²) in [6.45, 7) is 2.91. The van der Waals surface area contributed by atoms with Crippen molar-refractivity contribution in [3.05, 3.63) is 28.8 Å². The molecule has 1 aromatic rings. The molecule has 2 rings (SSSR count). The number of rotatable bonds is 7. The predicted molar refractivity (Wildman–Crippen MR) is 90.6 cm³/mol. The third kappa shape index (κ3) is 4.17. The van der Waals surface area contributed by atoms with Crippen LogP contribution in [0.25, 0.3) is 0 Å². The third-order valence-electron chi connectivity index (χ3n) is 3.81. The van der Waals surface area contributed by atoms with E-state index in [0.29, 0.717) is 36.6 Å². The van der Waals surface area contributed by atoms with Crippen molar-refractivity contribution in [2.24, 2.45) is 0 Å². The lowest BCUT2D eigenvalue weighted by atomic mass is 10.1. The highest BCUT2D eigenvalue weighted by molar-refractivity contribution is 6.34. The first-order valence-electron chi connectivity index (χ1n) is 7.82. The molecule has 130 valence electrons. The number of carboxylic acids is 1. The van der Waals surface area contributed by atoms with E-state index in [1.54, 1.807) is 0 Å². The lowest BCUT2D eigenvalue weighted by molar-refractivity contribution is -0.139. The summed E-state index contributed by atoms with van der Waals surface area (Å²) in [5.41, 5.74) is 0.691. The molecule has 0 aromatic heterocycles. The van der Waals surface area contributed by atoms with Crippen molar-refractivity contribution in [1.29, 1.82) is 0 Å². The monoisotopic (exact) mass is 353 g/mol. The minimum absolute atomic E-state index is 0.261. The number of urea groups is 1. The Bertz CT molecular complexity index is 650. The van der Waals surface area contributed by atoms with Gasteiger partial charge in [-0.25, -0.2) is 9.59 Å². The lowest BCUT2D eigenvalue weighted by Crippen LogP contribution is -2.40. The van der Waals surface area contributed by atoms with Gasteiger partial charge in [-0.05, 0) is 24.6 Å². The Balaban J connectivity index is 2.17. The summed E-state index contributed by atoms with van der Waals surface area (Å²) >= 11 is 6.12. The van der Waals surface area contributed by atoms with Crippen molar-refractivity contribution in [3.63, 3.8) is 0 Å². The average molecular weight is 354 g/mol. The molecule has 3 N–H and O–H groups in total. The highest BCUT2D eigenvalue weighted by Gasteiger charge is 2.25. The first-order chi connectivity index (χ1) is 11.4. The predicted octanol–water partition coefficient (Wildman–Crippen LogP) is 2.24. The molecular formula is C16H20ClN3O4. The Morgan fingerprint density at radius 2 is 2.21 bits per heavy atom. The quantitative estimate of drug-likeness (QED) is 0.700. The molecule has 0 unspecified atom stereocenters. The number of anilines is 1. The van der Waals surface area contributed by atoms with Crippen LogP contribution in [0.3, 0.4) is 0 Å². The van der Waals surface area contributed by atoms with Crippen molar-refractivity contribution in [2.75, 3.05) is 18.0 Å². The Labute approximate surface area is 145 Å². The average Bonchev–Trinajstić information content (AvgIpc) is 2.97. The van der Waals surface area contributed by atoms with E-state index in [4.69, 9.17) is 11.6 Å². The molecule has 1 aliphatic rings. The van der Waals surface area contributed by atoms with Crippen molar-refractivity contribution in [1.82, 2.24) is 10.6 Å². The van der Waals surface area contributed by atoms with Gasteiger partial charge in [0, 0.05) is 18.7 Å². The first-order valence-corrected chi connectivity index (χ1v) is 8.20. The van der Waals surface area contributed by atoms with Crippen LogP contribution < -0.4 is 15.5 Å². The van der Waals surface area contributed by atoms with Crippen LogP contribution in [0.5, 0.6) is 0 Å². The van der Waals surface area contributed by atoms with Crippen molar-refractivity contribution < 1.29 is 19.5 Å². The second kappa shape index (κ2) is 8.01. The van der Waals surface area contributed by atoms with E-state index in [9.17, 15) is 19.5 Å². The zero-order valence-corrected chi connectivity index (χ0v) is 14.1. The zero-order chi connectivity index (χ0) is 17.7. The van der Waals surface area contributed by atoms with E-state index in [1.165, 1.54) is 23.1 Å². The third-order valence-corrected chi connectivity index (χ3v) is 4.13. The first kappa shape index (κ1) is 18.1. The summed E-state index contributed by atoms with van der Waals surface area (Å²) in [6, 6.07) is 3.32. The van der Waals surface area contributed by atoms with Gasteiger partial charge >= 0.3 is 12.0 Å². The molecule has 0 spiro atoms. The van der Waals surface area contributed by atoms with E-state index < -0.39 is 17.9 Å². The number of carbonyl (C=O) groups is 3. The standard InChI is InChI=1S/C16H20ClN3O4/c1-2-3-4-12(15(22)23)19-14(21)10-5-6-11(17)13(9-10)20-8-7-18-16(20)24/h5-6,9,12H,2-4,7-8H2,1H3,(H,18,24)(H,19,21)(H,22,23)/t12-/m0/s1. The van der Waals surface area contributed by atoms with Crippen molar-refractivity contribution >= 4 is 35.2 Å². The number of hydrogen-bond donors (Lipinski definition) is 3. The Kier molecular flexibility index (Phi) is 6.03. The Morgan fingerprint density at radius 1 is 1.46 bits per heavy atom. The molecule has 1 fully saturated rings. The largest absolute Gasteiger partial charge is 0.480 e. The molecule has 0 bridgehead atoms. The molecule has 0 aliphatic carbocycles. The van der Waals surface area contributed by atoms with Gasteiger partial charge in [-0.15, -0.1) is 0 Å². The number of nitrogens with one attached hydrogen (secondary N) is 2. The van der Waals surface area contributed by atoms with Crippen LogP contribution in [-0.4, -0.2) is 42.1 Å². The summed E-state index contributed by atoms with van der Waals surface area (Å²) in [7, 11) is 0. The van der Waals surface area contributed by atoms with Crippen LogP contribution in [0.2, 0.25) is 5.02 Å². The summed E-state index contributed by atoms with van der Waals surface area (Å²) in [5, 5.41) is 14.7. The summed E-state index contributed by atoms with van der Waals surface area (Å²) in [6.07, 6.45) is 1.92.